The van der Waals surface area contributed by atoms with Crippen LogP contribution in [-0.2, 0) is 0 Å². The standard InChI is InChI=1S/C18H34/c1-3-5-7-9-11-13-15-17-18-16-14-12-10-8-6-4-2/h3,5,11,13H,4,6-10,12,14-18H2,1-2H3. The van der Waals surface area contributed by atoms with Gasteiger partial charge in [0.05, 0.1) is 0 Å². The molecule has 0 nitrogen and oxygen atoms in total. The first-order chi connectivity index (χ1) is 8.91. The molecule has 0 radical (unpaired) electrons. The Bertz CT molecular complexity index is 188. The Kier molecular flexibility index (Phi) is 16.0. The van der Waals surface area contributed by atoms with Gasteiger partial charge in [0.25, 0.3) is 0 Å². The first-order valence-electron chi connectivity index (χ1n) is 8.18. The van der Waals surface area contributed by atoms with Crippen LogP contribution < -0.4 is 0 Å². The first-order valence-corrected chi connectivity index (χ1v) is 8.18. The van der Waals surface area contributed by atoms with E-state index in [-0.39, 0.29) is 0 Å². The maximum Gasteiger partial charge on any atom is -0.0316 e. The molecule has 0 amide bonds. The quantitative estimate of drug-likeness (QED) is 0.248. The summed E-state index contributed by atoms with van der Waals surface area (Å²) in [5.41, 5.74) is 0. The van der Waals surface area contributed by atoms with Gasteiger partial charge < -0.3 is 0 Å². The Morgan fingerprint density at radius 1 is 0.556 bits per heavy atom. The fourth-order valence-corrected chi connectivity index (χ4v) is 2.17. The molecule has 0 N–H and O–H groups in total. The lowest BCUT2D eigenvalue weighted by atomic mass is 10.1. The van der Waals surface area contributed by atoms with Gasteiger partial charge in [-0.15, -0.1) is 0 Å². The van der Waals surface area contributed by atoms with E-state index in [0.29, 0.717) is 0 Å². The molecule has 0 saturated carbocycles. The first kappa shape index (κ1) is 17.5. The van der Waals surface area contributed by atoms with Crippen molar-refractivity contribution in [2.24, 2.45) is 0 Å². The third-order valence-electron chi connectivity index (χ3n) is 3.38. The minimum absolute atomic E-state index is 1.20. The van der Waals surface area contributed by atoms with Gasteiger partial charge in [-0.05, 0) is 32.6 Å². The predicted octanol–water partition coefficient (Wildman–Crippen LogP) is 6.82. The van der Waals surface area contributed by atoms with E-state index in [1.165, 1.54) is 77.0 Å². The van der Waals surface area contributed by atoms with E-state index in [9.17, 15) is 0 Å². The number of hydrogen-bond donors (Lipinski definition) is 0. The topological polar surface area (TPSA) is 0 Å². The molecule has 0 atom stereocenters. The molecule has 0 aromatic carbocycles. The van der Waals surface area contributed by atoms with Crippen molar-refractivity contribution in [3.63, 3.8) is 0 Å². The molecule has 18 heavy (non-hydrogen) atoms. The number of hydrogen-bond acceptors (Lipinski definition) is 0. The number of allylic oxidation sites excluding steroid dienone is 4. The van der Waals surface area contributed by atoms with Gasteiger partial charge in [0, 0.05) is 0 Å². The van der Waals surface area contributed by atoms with Crippen molar-refractivity contribution in [3.8, 4) is 0 Å². The van der Waals surface area contributed by atoms with Crippen LogP contribution in [0.3, 0.4) is 0 Å². The lowest BCUT2D eigenvalue weighted by Crippen LogP contribution is -1.80. The molecule has 0 bridgehead atoms. The van der Waals surface area contributed by atoms with E-state index in [1.54, 1.807) is 0 Å². The van der Waals surface area contributed by atoms with E-state index in [0.717, 1.165) is 0 Å². The van der Waals surface area contributed by atoms with E-state index in [1.807, 2.05) is 0 Å². The van der Waals surface area contributed by atoms with Gasteiger partial charge in [-0.3, -0.25) is 0 Å². The Hall–Kier alpha value is -0.520. The van der Waals surface area contributed by atoms with Crippen molar-refractivity contribution in [1.29, 1.82) is 0 Å². The monoisotopic (exact) mass is 250 g/mol. The van der Waals surface area contributed by atoms with E-state index < -0.39 is 0 Å². The summed E-state index contributed by atoms with van der Waals surface area (Å²) in [4.78, 5) is 0. The Morgan fingerprint density at radius 3 is 1.67 bits per heavy atom. The van der Waals surface area contributed by atoms with E-state index in [2.05, 4.69) is 38.2 Å². The van der Waals surface area contributed by atoms with E-state index in [4.69, 9.17) is 0 Å². The van der Waals surface area contributed by atoms with Crippen LogP contribution in [0.15, 0.2) is 24.3 Å². The van der Waals surface area contributed by atoms with Crippen molar-refractivity contribution in [1.82, 2.24) is 0 Å². The molecule has 0 fully saturated rings. The predicted molar refractivity (Wildman–Crippen MR) is 85.0 cm³/mol. The second-order valence-corrected chi connectivity index (χ2v) is 5.23. The molecule has 0 rings (SSSR count). The minimum atomic E-state index is 1.20. The van der Waals surface area contributed by atoms with Gasteiger partial charge in [-0.2, -0.15) is 0 Å². The van der Waals surface area contributed by atoms with Gasteiger partial charge in [0.15, 0.2) is 0 Å². The molecule has 0 aliphatic rings. The number of unbranched alkanes of at least 4 members (excludes halogenated alkanes) is 10. The number of rotatable bonds is 13. The highest BCUT2D eigenvalue weighted by molar-refractivity contribution is 4.86. The average molecular weight is 250 g/mol. The third-order valence-corrected chi connectivity index (χ3v) is 3.38. The lowest BCUT2D eigenvalue weighted by molar-refractivity contribution is 0.566. The van der Waals surface area contributed by atoms with Crippen molar-refractivity contribution in [3.05, 3.63) is 24.3 Å². The largest absolute Gasteiger partial charge is 0.0917 e. The van der Waals surface area contributed by atoms with Crippen LogP contribution in [0, 0.1) is 0 Å². The van der Waals surface area contributed by atoms with Crippen LogP contribution >= 0.6 is 0 Å². The maximum absolute atomic E-state index is 2.37. The summed E-state index contributed by atoms with van der Waals surface area (Å²) in [6, 6.07) is 0. The normalized spacial score (nSPS) is 11.9. The third kappa shape index (κ3) is 15.5. The SMILES string of the molecule is CC=CCCC=CCCCCCCCCCCC. The Morgan fingerprint density at radius 2 is 1.06 bits per heavy atom. The summed E-state index contributed by atoms with van der Waals surface area (Å²) < 4.78 is 0. The molecule has 0 aliphatic heterocycles. The zero-order chi connectivity index (χ0) is 13.3. The van der Waals surface area contributed by atoms with Crippen LogP contribution in [0.5, 0.6) is 0 Å². The van der Waals surface area contributed by atoms with Crippen molar-refractivity contribution in [2.75, 3.05) is 0 Å². The van der Waals surface area contributed by atoms with Crippen LogP contribution in [0.4, 0.5) is 0 Å². The average Bonchev–Trinajstić information content (AvgIpc) is 2.39. The minimum Gasteiger partial charge on any atom is -0.0917 e. The van der Waals surface area contributed by atoms with Crippen molar-refractivity contribution >= 4 is 0 Å². The summed E-state index contributed by atoms with van der Waals surface area (Å²) >= 11 is 0. The second-order valence-electron chi connectivity index (χ2n) is 5.23. The molecule has 0 aromatic rings. The van der Waals surface area contributed by atoms with Crippen LogP contribution in [0.2, 0.25) is 0 Å². The lowest BCUT2D eigenvalue weighted by Gasteiger charge is -2.00. The molecule has 106 valence electrons. The highest BCUT2D eigenvalue weighted by Gasteiger charge is 1.90. The Labute approximate surface area is 116 Å². The second kappa shape index (κ2) is 16.5. The summed E-state index contributed by atoms with van der Waals surface area (Å²) in [5.74, 6) is 0. The summed E-state index contributed by atoms with van der Waals surface area (Å²) in [6.07, 6.45) is 25.6. The smallest absolute Gasteiger partial charge is 0.0316 e. The fourth-order valence-electron chi connectivity index (χ4n) is 2.17. The molecule has 0 heterocycles. The molecule has 0 aliphatic carbocycles. The summed E-state index contributed by atoms with van der Waals surface area (Å²) in [5, 5.41) is 0. The summed E-state index contributed by atoms with van der Waals surface area (Å²) in [7, 11) is 0. The van der Waals surface area contributed by atoms with Crippen LogP contribution in [0.1, 0.15) is 90.9 Å². The summed E-state index contributed by atoms with van der Waals surface area (Å²) in [6.45, 7) is 4.37. The highest BCUT2D eigenvalue weighted by Crippen LogP contribution is 2.10. The van der Waals surface area contributed by atoms with Gasteiger partial charge >= 0.3 is 0 Å². The molecule has 0 heteroatoms. The zero-order valence-corrected chi connectivity index (χ0v) is 12.8. The molecule has 0 aromatic heterocycles. The van der Waals surface area contributed by atoms with Crippen molar-refractivity contribution < 1.29 is 0 Å². The maximum atomic E-state index is 2.37. The van der Waals surface area contributed by atoms with Crippen LogP contribution in [0.25, 0.3) is 0 Å². The van der Waals surface area contributed by atoms with Gasteiger partial charge in [0.2, 0.25) is 0 Å². The Balaban J connectivity index is 3.02. The van der Waals surface area contributed by atoms with Crippen LogP contribution in [-0.4, -0.2) is 0 Å². The highest BCUT2D eigenvalue weighted by atomic mass is 14.0. The van der Waals surface area contributed by atoms with Crippen molar-refractivity contribution in [2.45, 2.75) is 90.9 Å². The molecular weight excluding hydrogens is 216 g/mol. The molecule has 0 saturated heterocycles. The van der Waals surface area contributed by atoms with Gasteiger partial charge in [0.1, 0.15) is 0 Å². The van der Waals surface area contributed by atoms with Gasteiger partial charge in [-0.25, -0.2) is 0 Å². The zero-order valence-electron chi connectivity index (χ0n) is 12.8. The fraction of sp³-hybridized carbons (Fsp3) is 0.778. The van der Waals surface area contributed by atoms with E-state index >= 15 is 0 Å². The molecule has 0 spiro atoms. The molecule has 0 unspecified atom stereocenters. The molecular formula is C18H34. The van der Waals surface area contributed by atoms with Gasteiger partial charge in [-0.1, -0.05) is 82.6 Å².